The molecular formula is C19H21F3N4O2. The van der Waals surface area contributed by atoms with Crippen molar-refractivity contribution in [3.63, 3.8) is 0 Å². The average Bonchev–Trinajstić information content (AvgIpc) is 2.87. The molecule has 0 spiro atoms. The zero-order chi connectivity index (χ0) is 20.5. The van der Waals surface area contributed by atoms with E-state index in [9.17, 15) is 22.8 Å². The molecule has 1 aromatic carbocycles. The number of alkyl halides is 3. The van der Waals surface area contributed by atoms with Crippen molar-refractivity contribution in [2.75, 3.05) is 26.2 Å². The Balaban J connectivity index is 1.74. The van der Waals surface area contributed by atoms with E-state index in [2.05, 4.69) is 5.10 Å². The fourth-order valence-electron chi connectivity index (χ4n) is 3.31. The second kappa shape index (κ2) is 7.65. The summed E-state index contributed by atoms with van der Waals surface area (Å²) < 4.78 is 40.5. The first-order chi connectivity index (χ1) is 13.2. The number of benzene rings is 1. The highest BCUT2D eigenvalue weighted by molar-refractivity contribution is 5.96. The lowest BCUT2D eigenvalue weighted by Gasteiger charge is -2.22. The average molecular weight is 394 g/mol. The summed E-state index contributed by atoms with van der Waals surface area (Å²) in [6, 6.07) is 7.22. The Bertz CT molecular complexity index is 892. The minimum absolute atomic E-state index is 0.143. The van der Waals surface area contributed by atoms with Gasteiger partial charge in [0.25, 0.3) is 11.8 Å². The van der Waals surface area contributed by atoms with Crippen molar-refractivity contribution >= 4 is 11.8 Å². The summed E-state index contributed by atoms with van der Waals surface area (Å²) in [5.41, 5.74) is -0.120. The van der Waals surface area contributed by atoms with Crippen LogP contribution in [-0.4, -0.2) is 57.6 Å². The van der Waals surface area contributed by atoms with Gasteiger partial charge in [-0.3, -0.25) is 14.3 Å². The fraction of sp³-hybridized carbons (Fsp3) is 0.421. The Kier molecular flexibility index (Phi) is 5.44. The quantitative estimate of drug-likeness (QED) is 0.787. The lowest BCUT2D eigenvalue weighted by molar-refractivity contribution is -0.141. The van der Waals surface area contributed by atoms with E-state index in [1.54, 1.807) is 23.1 Å². The number of nitrogens with zero attached hydrogens (tertiary/aromatic N) is 4. The molecule has 2 heterocycles. The lowest BCUT2D eigenvalue weighted by Crippen LogP contribution is -2.37. The van der Waals surface area contributed by atoms with Gasteiger partial charge in [0.15, 0.2) is 5.69 Å². The second-order valence-electron chi connectivity index (χ2n) is 6.87. The van der Waals surface area contributed by atoms with Crippen molar-refractivity contribution in [2.45, 2.75) is 19.5 Å². The number of hydrogen-bond acceptors (Lipinski definition) is 3. The predicted octanol–water partition coefficient (Wildman–Crippen LogP) is 2.74. The molecule has 0 N–H and O–H groups in total. The molecule has 0 aliphatic carbocycles. The van der Waals surface area contributed by atoms with Crippen LogP contribution in [0.5, 0.6) is 0 Å². The summed E-state index contributed by atoms with van der Waals surface area (Å²) in [5.74, 6) is -0.861. The molecule has 28 heavy (non-hydrogen) atoms. The highest BCUT2D eigenvalue weighted by Crippen LogP contribution is 2.31. The standard InChI is InChI=1S/C19H21F3N4O2/c1-13-5-3-6-14(11-13)17(27)25-7-4-8-26(10-9-25)18(28)15-12-24(2)23-16(15)19(20,21)22/h3,5-6,11-12H,4,7-10H2,1-2H3. The second-order valence-corrected chi connectivity index (χ2v) is 6.87. The number of carbonyl (C=O) groups is 2. The van der Waals surface area contributed by atoms with E-state index in [4.69, 9.17) is 0 Å². The highest BCUT2D eigenvalue weighted by atomic mass is 19.4. The van der Waals surface area contributed by atoms with E-state index in [-0.39, 0.29) is 25.5 Å². The van der Waals surface area contributed by atoms with Crippen LogP contribution in [0.4, 0.5) is 13.2 Å². The molecule has 3 rings (SSSR count). The van der Waals surface area contributed by atoms with Gasteiger partial charge in [0.2, 0.25) is 0 Å². The van der Waals surface area contributed by atoms with Gasteiger partial charge in [0, 0.05) is 45.0 Å². The molecule has 1 saturated heterocycles. The van der Waals surface area contributed by atoms with Crippen molar-refractivity contribution in [1.29, 1.82) is 0 Å². The SMILES string of the molecule is Cc1cccc(C(=O)N2CCCN(C(=O)c3cn(C)nc3C(F)(F)F)CC2)c1. The van der Waals surface area contributed by atoms with Gasteiger partial charge in [-0.2, -0.15) is 18.3 Å². The van der Waals surface area contributed by atoms with Crippen molar-refractivity contribution in [2.24, 2.45) is 7.05 Å². The van der Waals surface area contributed by atoms with Crippen LogP contribution in [0.15, 0.2) is 30.5 Å². The summed E-state index contributed by atoms with van der Waals surface area (Å²) in [5, 5.41) is 3.39. The monoisotopic (exact) mass is 394 g/mol. The van der Waals surface area contributed by atoms with Crippen LogP contribution in [0.2, 0.25) is 0 Å². The van der Waals surface area contributed by atoms with E-state index >= 15 is 0 Å². The molecule has 0 radical (unpaired) electrons. The summed E-state index contributed by atoms with van der Waals surface area (Å²) in [7, 11) is 1.34. The maximum atomic E-state index is 13.2. The third kappa shape index (κ3) is 4.18. The molecule has 6 nitrogen and oxygen atoms in total. The van der Waals surface area contributed by atoms with Crippen LogP contribution in [0.3, 0.4) is 0 Å². The Labute approximate surface area is 160 Å². The lowest BCUT2D eigenvalue weighted by atomic mass is 10.1. The number of hydrogen-bond donors (Lipinski definition) is 0. The Morgan fingerprint density at radius 2 is 1.68 bits per heavy atom. The maximum absolute atomic E-state index is 13.2. The molecule has 2 aromatic rings. The predicted molar refractivity (Wildman–Crippen MR) is 95.8 cm³/mol. The van der Waals surface area contributed by atoms with E-state index in [1.165, 1.54) is 11.9 Å². The Hall–Kier alpha value is -2.84. The number of aromatic nitrogens is 2. The first-order valence-electron chi connectivity index (χ1n) is 8.93. The third-order valence-corrected chi connectivity index (χ3v) is 4.66. The molecule has 0 saturated carbocycles. The number of amides is 2. The van der Waals surface area contributed by atoms with E-state index in [0.29, 0.717) is 18.5 Å². The Morgan fingerprint density at radius 1 is 1.04 bits per heavy atom. The molecule has 0 atom stereocenters. The normalized spacial score (nSPS) is 15.5. The topological polar surface area (TPSA) is 58.4 Å². The maximum Gasteiger partial charge on any atom is 0.435 e. The summed E-state index contributed by atoms with van der Waals surface area (Å²) in [4.78, 5) is 28.4. The molecule has 150 valence electrons. The van der Waals surface area contributed by atoms with Crippen molar-refractivity contribution in [1.82, 2.24) is 19.6 Å². The molecule has 1 aliphatic heterocycles. The van der Waals surface area contributed by atoms with E-state index in [1.807, 2.05) is 13.0 Å². The van der Waals surface area contributed by atoms with E-state index < -0.39 is 23.3 Å². The van der Waals surface area contributed by atoms with Gasteiger partial charge < -0.3 is 9.80 Å². The first kappa shape index (κ1) is 19.9. The number of halogens is 3. The van der Waals surface area contributed by atoms with Gasteiger partial charge >= 0.3 is 6.18 Å². The summed E-state index contributed by atoms with van der Waals surface area (Å²) in [6.07, 6.45) is -3.12. The zero-order valence-electron chi connectivity index (χ0n) is 15.7. The van der Waals surface area contributed by atoms with Crippen molar-refractivity contribution in [3.8, 4) is 0 Å². The van der Waals surface area contributed by atoms with Crippen LogP contribution in [0.25, 0.3) is 0 Å². The van der Waals surface area contributed by atoms with Crippen LogP contribution in [0.1, 0.15) is 38.4 Å². The zero-order valence-corrected chi connectivity index (χ0v) is 15.7. The van der Waals surface area contributed by atoms with Gasteiger partial charge in [0.1, 0.15) is 0 Å². The largest absolute Gasteiger partial charge is 0.435 e. The first-order valence-corrected chi connectivity index (χ1v) is 8.93. The van der Waals surface area contributed by atoms with Crippen LogP contribution in [0, 0.1) is 6.92 Å². The molecule has 1 fully saturated rings. The van der Waals surface area contributed by atoms with Crippen LogP contribution >= 0.6 is 0 Å². The van der Waals surface area contributed by atoms with Crippen LogP contribution < -0.4 is 0 Å². The molecular weight excluding hydrogens is 373 g/mol. The molecule has 2 amide bonds. The van der Waals surface area contributed by atoms with Crippen molar-refractivity contribution in [3.05, 3.63) is 52.8 Å². The fourth-order valence-corrected chi connectivity index (χ4v) is 3.31. The number of aryl methyl sites for hydroxylation is 2. The molecule has 1 aliphatic rings. The van der Waals surface area contributed by atoms with Gasteiger partial charge in [-0.1, -0.05) is 17.7 Å². The molecule has 0 unspecified atom stereocenters. The third-order valence-electron chi connectivity index (χ3n) is 4.66. The number of carbonyl (C=O) groups excluding carboxylic acids is 2. The minimum atomic E-state index is -4.70. The molecule has 9 heteroatoms. The summed E-state index contributed by atoms with van der Waals surface area (Å²) >= 11 is 0. The summed E-state index contributed by atoms with van der Waals surface area (Å²) in [6.45, 7) is 3.05. The van der Waals surface area contributed by atoms with Gasteiger partial charge in [-0.15, -0.1) is 0 Å². The molecule has 1 aromatic heterocycles. The Morgan fingerprint density at radius 3 is 2.29 bits per heavy atom. The van der Waals surface area contributed by atoms with E-state index in [0.717, 1.165) is 16.4 Å². The van der Waals surface area contributed by atoms with Crippen LogP contribution in [-0.2, 0) is 13.2 Å². The number of rotatable bonds is 2. The minimum Gasteiger partial charge on any atom is -0.337 e. The highest BCUT2D eigenvalue weighted by Gasteiger charge is 2.40. The smallest absolute Gasteiger partial charge is 0.337 e. The van der Waals surface area contributed by atoms with Crippen molar-refractivity contribution < 1.29 is 22.8 Å². The van der Waals surface area contributed by atoms with Gasteiger partial charge in [0.05, 0.1) is 5.56 Å². The van der Waals surface area contributed by atoms with Gasteiger partial charge in [-0.05, 0) is 25.5 Å². The molecule has 0 bridgehead atoms. The van der Waals surface area contributed by atoms with Gasteiger partial charge in [-0.25, -0.2) is 0 Å².